The topological polar surface area (TPSA) is 82.2 Å². The molecular formula is C26H19ClN4O2S. The monoisotopic (exact) mass is 486 g/mol. The van der Waals surface area contributed by atoms with E-state index in [4.69, 9.17) is 16.1 Å². The average Bonchev–Trinajstić information content (AvgIpc) is 3.28. The van der Waals surface area contributed by atoms with Crippen LogP contribution in [0.25, 0.3) is 22.2 Å². The summed E-state index contributed by atoms with van der Waals surface area (Å²) in [4.78, 5) is 14.6. The van der Waals surface area contributed by atoms with Crippen LogP contribution in [-0.2, 0) is 11.2 Å². The maximum Gasteiger partial charge on any atom is 0.266 e. The van der Waals surface area contributed by atoms with Gasteiger partial charge in [0.2, 0.25) is 0 Å². The van der Waals surface area contributed by atoms with Crippen LogP contribution in [0.2, 0.25) is 5.02 Å². The molecular weight excluding hydrogens is 468 g/mol. The molecule has 168 valence electrons. The molecule has 0 radical (unpaired) electrons. The normalized spacial score (nSPS) is 16.0. The molecule has 4 aromatic rings. The van der Waals surface area contributed by atoms with Crippen LogP contribution >= 0.6 is 24.2 Å². The molecule has 2 heterocycles. The van der Waals surface area contributed by atoms with E-state index >= 15 is 0 Å². The maximum absolute atomic E-state index is 12.7. The highest BCUT2D eigenvalue weighted by atomic mass is 35.5. The molecule has 0 saturated heterocycles. The van der Waals surface area contributed by atoms with Crippen LogP contribution in [0.4, 0.5) is 5.69 Å². The summed E-state index contributed by atoms with van der Waals surface area (Å²) in [6.45, 7) is 2.09. The zero-order chi connectivity index (χ0) is 23.8. The summed E-state index contributed by atoms with van der Waals surface area (Å²) in [5.74, 6) is 0.135. The Morgan fingerprint density at radius 1 is 1.15 bits per heavy atom. The molecule has 8 heteroatoms. The van der Waals surface area contributed by atoms with Gasteiger partial charge in [0.05, 0.1) is 10.4 Å². The molecule has 0 saturated carbocycles. The van der Waals surface area contributed by atoms with Crippen molar-refractivity contribution in [1.29, 1.82) is 5.26 Å². The van der Waals surface area contributed by atoms with Gasteiger partial charge in [-0.05, 0) is 66.1 Å². The first kappa shape index (κ1) is 22.1. The third-order valence-electron chi connectivity index (χ3n) is 5.86. The number of hydrogen-bond donors (Lipinski definition) is 2. The number of benzene rings is 3. The van der Waals surface area contributed by atoms with Crippen LogP contribution in [0.5, 0.6) is 0 Å². The van der Waals surface area contributed by atoms with Crippen LogP contribution < -0.4 is 10.2 Å². The smallest absolute Gasteiger partial charge is 0.266 e. The highest BCUT2D eigenvalue weighted by Crippen LogP contribution is 2.38. The summed E-state index contributed by atoms with van der Waals surface area (Å²) >= 11 is 10.6. The second-order valence-corrected chi connectivity index (χ2v) is 8.73. The first-order valence-corrected chi connectivity index (χ1v) is 11.5. The summed E-state index contributed by atoms with van der Waals surface area (Å²) in [5.41, 5.74) is 4.28. The van der Waals surface area contributed by atoms with E-state index in [1.54, 1.807) is 12.1 Å². The molecule has 0 fully saturated rings. The number of rotatable bonds is 4. The molecule has 0 bridgehead atoms. The third-order valence-corrected chi connectivity index (χ3v) is 6.55. The first-order chi connectivity index (χ1) is 16.5. The number of amides is 1. The summed E-state index contributed by atoms with van der Waals surface area (Å²) in [7, 11) is 0. The van der Waals surface area contributed by atoms with E-state index in [9.17, 15) is 10.1 Å². The van der Waals surface area contributed by atoms with E-state index in [1.807, 2.05) is 65.6 Å². The summed E-state index contributed by atoms with van der Waals surface area (Å²) in [6.07, 6.45) is 0.326. The SMILES string of the molecule is CCc1ccc(N2C(S)=C(C#N)C(=O)NC2c2ccc3noc(-c4ccc(Cl)cc4)c3c2)cc1. The number of fused-ring (bicyclic) bond motifs is 1. The molecule has 6 nitrogen and oxygen atoms in total. The molecule has 1 atom stereocenters. The van der Waals surface area contributed by atoms with Crippen molar-refractivity contribution in [3.63, 3.8) is 0 Å². The Balaban J connectivity index is 1.64. The van der Waals surface area contributed by atoms with Gasteiger partial charge in [0, 0.05) is 16.3 Å². The van der Waals surface area contributed by atoms with E-state index in [0.717, 1.165) is 28.6 Å². The predicted molar refractivity (Wildman–Crippen MR) is 135 cm³/mol. The highest BCUT2D eigenvalue weighted by Gasteiger charge is 2.34. The van der Waals surface area contributed by atoms with Crippen molar-refractivity contribution < 1.29 is 9.32 Å². The molecule has 1 N–H and O–H groups in total. The molecule has 3 aromatic carbocycles. The molecule has 5 rings (SSSR count). The van der Waals surface area contributed by atoms with Crippen LogP contribution in [0.3, 0.4) is 0 Å². The van der Waals surface area contributed by atoms with Crippen LogP contribution in [0, 0.1) is 11.3 Å². The zero-order valence-corrected chi connectivity index (χ0v) is 19.8. The van der Waals surface area contributed by atoms with Crippen molar-refractivity contribution >= 4 is 46.7 Å². The van der Waals surface area contributed by atoms with Crippen LogP contribution in [0.1, 0.15) is 24.2 Å². The standard InChI is InChI=1S/C26H19ClN4O2S/c1-2-15-3-10-19(11-4-15)31-24(29-25(32)21(14-28)26(31)34)17-7-12-22-20(13-17)23(33-30-22)16-5-8-18(27)9-6-16/h3-13,24,34H,2H2,1H3,(H,29,32). The minimum atomic E-state index is -0.582. The molecule has 0 spiro atoms. The molecule has 1 aliphatic rings. The quantitative estimate of drug-likeness (QED) is 0.345. The number of aryl methyl sites for hydroxylation is 1. The molecule has 1 aromatic heterocycles. The Morgan fingerprint density at radius 3 is 2.56 bits per heavy atom. The number of nitrogens with one attached hydrogen (secondary N) is 1. The Hall–Kier alpha value is -3.73. The molecule has 1 unspecified atom stereocenters. The van der Waals surface area contributed by atoms with Gasteiger partial charge < -0.3 is 14.7 Å². The molecule has 34 heavy (non-hydrogen) atoms. The lowest BCUT2D eigenvalue weighted by Gasteiger charge is -2.38. The Kier molecular flexibility index (Phi) is 5.78. The molecule has 0 aliphatic carbocycles. The van der Waals surface area contributed by atoms with Crippen LogP contribution in [0.15, 0.2) is 81.9 Å². The van der Waals surface area contributed by atoms with Crippen molar-refractivity contribution in [2.75, 3.05) is 4.90 Å². The number of nitrogens with zero attached hydrogens (tertiary/aromatic N) is 3. The van der Waals surface area contributed by atoms with Gasteiger partial charge in [-0.2, -0.15) is 5.26 Å². The average molecular weight is 487 g/mol. The largest absolute Gasteiger partial charge is 0.355 e. The molecule has 1 amide bonds. The number of aromatic nitrogens is 1. The van der Waals surface area contributed by atoms with Crippen molar-refractivity contribution in [3.05, 3.63) is 93.5 Å². The van der Waals surface area contributed by atoms with Crippen molar-refractivity contribution in [3.8, 4) is 17.4 Å². The number of nitriles is 1. The van der Waals surface area contributed by atoms with E-state index in [2.05, 4.69) is 30.0 Å². The van der Waals surface area contributed by atoms with Crippen molar-refractivity contribution in [1.82, 2.24) is 10.5 Å². The fraction of sp³-hybridized carbons (Fsp3) is 0.115. The van der Waals surface area contributed by atoms with E-state index in [0.29, 0.717) is 21.3 Å². The van der Waals surface area contributed by atoms with Gasteiger partial charge in [0.15, 0.2) is 5.76 Å². The van der Waals surface area contributed by atoms with Gasteiger partial charge in [0.1, 0.15) is 23.3 Å². The minimum Gasteiger partial charge on any atom is -0.355 e. The number of anilines is 1. The number of hydrogen-bond acceptors (Lipinski definition) is 6. The van der Waals surface area contributed by atoms with Crippen molar-refractivity contribution in [2.24, 2.45) is 0 Å². The van der Waals surface area contributed by atoms with Gasteiger partial charge in [-0.25, -0.2) is 0 Å². The highest BCUT2D eigenvalue weighted by molar-refractivity contribution is 7.84. The lowest BCUT2D eigenvalue weighted by atomic mass is 10.0. The fourth-order valence-electron chi connectivity index (χ4n) is 4.04. The number of carbonyl (C=O) groups is 1. The number of halogens is 1. The fourth-order valence-corrected chi connectivity index (χ4v) is 4.55. The Labute approximate surface area is 206 Å². The summed E-state index contributed by atoms with van der Waals surface area (Å²) in [6, 6.07) is 22.9. The lowest BCUT2D eigenvalue weighted by Crippen LogP contribution is -2.46. The predicted octanol–water partition coefficient (Wildman–Crippen LogP) is 6.01. The first-order valence-electron chi connectivity index (χ1n) is 10.7. The minimum absolute atomic E-state index is 0.0351. The number of thiol groups is 1. The number of carbonyl (C=O) groups excluding carboxylic acids is 1. The second kappa shape index (κ2) is 8.90. The summed E-state index contributed by atoms with van der Waals surface area (Å²) in [5, 5.41) is 18.4. The zero-order valence-electron chi connectivity index (χ0n) is 18.1. The van der Waals surface area contributed by atoms with Crippen molar-refractivity contribution in [2.45, 2.75) is 19.5 Å². The Bertz CT molecular complexity index is 1470. The van der Waals surface area contributed by atoms with Gasteiger partial charge >= 0.3 is 0 Å². The van der Waals surface area contributed by atoms with Gasteiger partial charge in [-0.1, -0.05) is 41.9 Å². The van der Waals surface area contributed by atoms with Crippen LogP contribution in [-0.4, -0.2) is 11.1 Å². The van der Waals surface area contributed by atoms with E-state index in [-0.39, 0.29) is 5.57 Å². The lowest BCUT2D eigenvalue weighted by molar-refractivity contribution is -0.118. The Morgan fingerprint density at radius 2 is 1.88 bits per heavy atom. The third kappa shape index (κ3) is 3.81. The van der Waals surface area contributed by atoms with E-state index < -0.39 is 12.1 Å². The van der Waals surface area contributed by atoms with E-state index in [1.165, 1.54) is 5.56 Å². The van der Waals surface area contributed by atoms with Gasteiger partial charge in [-0.15, -0.1) is 12.6 Å². The van der Waals surface area contributed by atoms with Gasteiger partial charge in [0.25, 0.3) is 5.91 Å². The van der Waals surface area contributed by atoms with Gasteiger partial charge in [-0.3, -0.25) is 4.79 Å². The second-order valence-electron chi connectivity index (χ2n) is 7.87. The summed E-state index contributed by atoms with van der Waals surface area (Å²) < 4.78 is 5.64. The molecule has 1 aliphatic heterocycles. The maximum atomic E-state index is 12.7.